The number of rotatable bonds is 2. The van der Waals surface area contributed by atoms with Gasteiger partial charge in [-0.25, -0.2) is 0 Å². The molecule has 3 heterocycles. The summed E-state index contributed by atoms with van der Waals surface area (Å²) in [5.41, 5.74) is 1.73. The maximum Gasteiger partial charge on any atom is 0.416 e. The van der Waals surface area contributed by atoms with E-state index in [9.17, 15) is 22.8 Å². The third-order valence-corrected chi connectivity index (χ3v) is 6.77. The van der Waals surface area contributed by atoms with E-state index < -0.39 is 17.2 Å². The molecule has 5 nitrogen and oxygen atoms in total. The Morgan fingerprint density at radius 1 is 1.00 bits per heavy atom. The van der Waals surface area contributed by atoms with Crippen LogP contribution in [-0.4, -0.2) is 60.0 Å². The summed E-state index contributed by atoms with van der Waals surface area (Å²) in [6.07, 6.45) is -2.79. The van der Waals surface area contributed by atoms with Crippen molar-refractivity contribution in [3.8, 4) is 0 Å². The van der Waals surface area contributed by atoms with Crippen molar-refractivity contribution in [2.45, 2.75) is 52.1 Å². The quantitative estimate of drug-likeness (QED) is 0.654. The van der Waals surface area contributed by atoms with Gasteiger partial charge in [-0.15, -0.1) is 0 Å². The van der Waals surface area contributed by atoms with E-state index in [2.05, 4.69) is 4.99 Å². The summed E-state index contributed by atoms with van der Waals surface area (Å²) in [5.74, 6) is -0.271. The number of carbonyl (C=O) groups is 2. The van der Waals surface area contributed by atoms with Gasteiger partial charge < -0.3 is 9.80 Å². The van der Waals surface area contributed by atoms with Gasteiger partial charge in [-0.3, -0.25) is 14.6 Å². The van der Waals surface area contributed by atoms with Crippen molar-refractivity contribution in [1.82, 2.24) is 9.80 Å². The zero-order chi connectivity index (χ0) is 24.0. The highest BCUT2D eigenvalue weighted by atomic mass is 19.4. The molecule has 1 fully saturated rings. The SMILES string of the molecule is CC(C)(C)C(=O)N1CCC2=C(CN=C2C(=O)N2CCC(c3ccccc3C(F)(F)F)CC2)C1. The molecule has 0 radical (unpaired) electrons. The van der Waals surface area contributed by atoms with Crippen molar-refractivity contribution in [2.75, 3.05) is 32.7 Å². The van der Waals surface area contributed by atoms with Crippen LogP contribution in [0, 0.1) is 5.41 Å². The Morgan fingerprint density at radius 2 is 1.67 bits per heavy atom. The van der Waals surface area contributed by atoms with Gasteiger partial charge in [-0.1, -0.05) is 39.0 Å². The lowest BCUT2D eigenvalue weighted by molar-refractivity contribution is -0.139. The molecular formula is C25H30F3N3O2. The summed E-state index contributed by atoms with van der Waals surface area (Å²) < 4.78 is 40.2. The summed E-state index contributed by atoms with van der Waals surface area (Å²) in [7, 11) is 0. The Kier molecular flexibility index (Phi) is 6.14. The first-order chi connectivity index (χ1) is 15.5. The maximum absolute atomic E-state index is 13.4. The van der Waals surface area contributed by atoms with Gasteiger partial charge in [0.15, 0.2) is 0 Å². The molecule has 3 aliphatic heterocycles. The van der Waals surface area contributed by atoms with Crippen LogP contribution in [0.2, 0.25) is 0 Å². The average molecular weight is 462 g/mol. The van der Waals surface area contributed by atoms with Crippen molar-refractivity contribution in [1.29, 1.82) is 0 Å². The molecule has 0 saturated carbocycles. The van der Waals surface area contributed by atoms with Crippen molar-refractivity contribution in [3.63, 3.8) is 0 Å². The van der Waals surface area contributed by atoms with Crippen LogP contribution in [0.3, 0.4) is 0 Å². The number of amides is 2. The molecule has 1 aromatic rings. The number of hydrogen-bond acceptors (Lipinski definition) is 3. The average Bonchev–Trinajstić information content (AvgIpc) is 3.20. The third kappa shape index (κ3) is 4.70. The van der Waals surface area contributed by atoms with Crippen LogP contribution in [0.25, 0.3) is 0 Å². The molecule has 0 aliphatic carbocycles. The number of nitrogens with zero attached hydrogens (tertiary/aromatic N) is 3. The standard InChI is InChI=1S/C25H30F3N3O2/c1-24(2,3)23(33)31-13-10-19-17(15-31)14-29-21(19)22(32)30-11-8-16(9-12-30)18-6-4-5-7-20(18)25(26,27)28/h4-7,16H,8-15H2,1-3H3. The minimum absolute atomic E-state index is 0.0926. The molecule has 0 spiro atoms. The molecule has 33 heavy (non-hydrogen) atoms. The Bertz CT molecular complexity index is 1010. The van der Waals surface area contributed by atoms with Crippen LogP contribution in [0.15, 0.2) is 40.4 Å². The van der Waals surface area contributed by atoms with Crippen LogP contribution < -0.4 is 0 Å². The zero-order valence-electron chi connectivity index (χ0n) is 19.3. The van der Waals surface area contributed by atoms with E-state index in [0.717, 1.165) is 17.2 Å². The van der Waals surface area contributed by atoms with Gasteiger partial charge in [-0.05, 0) is 48.0 Å². The molecule has 1 aromatic carbocycles. The van der Waals surface area contributed by atoms with Crippen molar-refractivity contribution >= 4 is 17.5 Å². The topological polar surface area (TPSA) is 53.0 Å². The number of carbonyl (C=O) groups excluding carboxylic acids is 2. The predicted octanol–water partition coefficient (Wildman–Crippen LogP) is 4.44. The van der Waals surface area contributed by atoms with E-state index in [1.54, 1.807) is 17.0 Å². The molecule has 0 N–H and O–H groups in total. The van der Waals surface area contributed by atoms with E-state index in [-0.39, 0.29) is 17.7 Å². The summed E-state index contributed by atoms with van der Waals surface area (Å²) in [5, 5.41) is 0. The molecule has 0 unspecified atom stereocenters. The highest BCUT2D eigenvalue weighted by Crippen LogP contribution is 2.39. The van der Waals surface area contributed by atoms with Gasteiger partial charge >= 0.3 is 6.18 Å². The van der Waals surface area contributed by atoms with Gasteiger partial charge in [0.05, 0.1) is 12.1 Å². The minimum Gasteiger partial charge on any atom is -0.338 e. The fraction of sp³-hybridized carbons (Fsp3) is 0.560. The van der Waals surface area contributed by atoms with Gasteiger partial charge in [-0.2, -0.15) is 13.2 Å². The molecule has 0 aromatic heterocycles. The lowest BCUT2D eigenvalue weighted by atomic mass is 9.86. The first kappa shape index (κ1) is 23.5. The van der Waals surface area contributed by atoms with E-state index >= 15 is 0 Å². The Labute approximate surface area is 192 Å². The van der Waals surface area contributed by atoms with Crippen LogP contribution in [0.1, 0.15) is 57.1 Å². The van der Waals surface area contributed by atoms with Crippen LogP contribution in [0.5, 0.6) is 0 Å². The first-order valence-corrected chi connectivity index (χ1v) is 11.5. The molecule has 178 valence electrons. The van der Waals surface area contributed by atoms with Crippen molar-refractivity contribution in [2.24, 2.45) is 10.4 Å². The molecule has 2 amide bonds. The fourth-order valence-electron chi connectivity index (χ4n) is 5.03. The lowest BCUT2D eigenvalue weighted by Gasteiger charge is -2.35. The highest BCUT2D eigenvalue weighted by Gasteiger charge is 2.38. The predicted molar refractivity (Wildman–Crippen MR) is 120 cm³/mol. The second-order valence-corrected chi connectivity index (χ2v) is 10.1. The number of likely N-dealkylation sites (tertiary alicyclic amines) is 1. The molecule has 4 rings (SSSR count). The van der Waals surface area contributed by atoms with E-state index in [1.165, 1.54) is 6.07 Å². The highest BCUT2D eigenvalue weighted by molar-refractivity contribution is 6.46. The zero-order valence-corrected chi connectivity index (χ0v) is 19.3. The summed E-state index contributed by atoms with van der Waals surface area (Å²) in [4.78, 5) is 33.9. The smallest absolute Gasteiger partial charge is 0.338 e. The van der Waals surface area contributed by atoms with Crippen molar-refractivity contribution in [3.05, 3.63) is 46.5 Å². The van der Waals surface area contributed by atoms with Crippen molar-refractivity contribution < 1.29 is 22.8 Å². The minimum atomic E-state index is -4.38. The first-order valence-electron chi connectivity index (χ1n) is 11.5. The Hall–Kier alpha value is -2.64. The molecule has 0 bridgehead atoms. The van der Waals surface area contributed by atoms with E-state index in [0.29, 0.717) is 63.3 Å². The monoisotopic (exact) mass is 461 g/mol. The Balaban J connectivity index is 1.41. The summed E-state index contributed by atoms with van der Waals surface area (Å²) in [6, 6.07) is 5.73. The molecule has 1 saturated heterocycles. The van der Waals surface area contributed by atoms with Crippen LogP contribution >= 0.6 is 0 Å². The Morgan fingerprint density at radius 3 is 2.30 bits per heavy atom. The van der Waals surface area contributed by atoms with Gasteiger partial charge in [0.2, 0.25) is 5.91 Å². The van der Waals surface area contributed by atoms with Crippen LogP contribution in [0.4, 0.5) is 13.2 Å². The third-order valence-electron chi connectivity index (χ3n) is 6.77. The summed E-state index contributed by atoms with van der Waals surface area (Å²) in [6.45, 7) is 8.01. The normalized spacial score (nSPS) is 20.1. The lowest BCUT2D eigenvalue weighted by Crippen LogP contribution is -2.45. The largest absolute Gasteiger partial charge is 0.416 e. The number of alkyl halides is 3. The second kappa shape index (κ2) is 8.61. The van der Waals surface area contributed by atoms with Gasteiger partial charge in [0.1, 0.15) is 5.71 Å². The molecular weight excluding hydrogens is 431 g/mol. The number of aliphatic imine (C=N–C) groups is 1. The number of piperidine rings is 1. The number of halogens is 3. The van der Waals surface area contributed by atoms with E-state index in [1.807, 2.05) is 25.7 Å². The summed E-state index contributed by atoms with van der Waals surface area (Å²) >= 11 is 0. The fourth-order valence-corrected chi connectivity index (χ4v) is 5.03. The maximum atomic E-state index is 13.4. The second-order valence-electron chi connectivity index (χ2n) is 10.1. The number of hydrogen-bond donors (Lipinski definition) is 0. The van der Waals surface area contributed by atoms with Gasteiger partial charge in [0, 0.05) is 31.6 Å². The van der Waals surface area contributed by atoms with Crippen LogP contribution in [-0.2, 0) is 15.8 Å². The van der Waals surface area contributed by atoms with E-state index in [4.69, 9.17) is 0 Å². The van der Waals surface area contributed by atoms with Gasteiger partial charge in [0.25, 0.3) is 5.91 Å². The molecule has 3 aliphatic rings. The number of benzene rings is 1. The molecule has 0 atom stereocenters. The molecule has 8 heteroatoms.